The monoisotopic (exact) mass is 1060 g/mol. The molecule has 0 aliphatic carbocycles. The second-order valence-electron chi connectivity index (χ2n) is 11.0. The number of ketones is 1. The van der Waals surface area contributed by atoms with Gasteiger partial charge in [-0.05, 0) is 79.6 Å². The third-order valence-corrected chi connectivity index (χ3v) is 12.4. The van der Waals surface area contributed by atoms with Crippen LogP contribution >= 0.6 is 77.2 Å². The molecule has 0 radical (unpaired) electrons. The normalized spacial score (nSPS) is 14.0. The lowest BCUT2D eigenvalue weighted by Gasteiger charge is -2.14. The van der Waals surface area contributed by atoms with E-state index in [2.05, 4.69) is 0 Å². The molecule has 3 unspecified atom stereocenters. The molecule has 7 nitrogen and oxygen atoms in total. The zero-order valence-electron chi connectivity index (χ0n) is 31.2. The first-order valence-electron chi connectivity index (χ1n) is 15.7. The molecule has 0 aromatic heterocycles. The number of carbonyl (C=O) groups is 1. The highest BCUT2D eigenvalue weighted by Crippen LogP contribution is 2.48. The van der Waals surface area contributed by atoms with Gasteiger partial charge in [0, 0.05) is 97.7 Å². The van der Waals surface area contributed by atoms with Crippen LogP contribution in [0.25, 0.3) is 11.1 Å². The Morgan fingerprint density at radius 2 is 0.817 bits per heavy atom. The Balaban J connectivity index is 0.000000781. The minimum atomic E-state index is -4.91. The topological polar surface area (TPSA) is 104 Å². The lowest BCUT2D eigenvalue weighted by Crippen LogP contribution is -2.22. The number of hydrogen-bond donors (Lipinski definition) is 0. The van der Waals surface area contributed by atoms with Crippen molar-refractivity contribution in [1.82, 2.24) is 0 Å². The van der Waals surface area contributed by atoms with Crippen LogP contribution in [0.2, 0.25) is 30.1 Å². The molecule has 3 rings (SSSR count). The first-order chi connectivity index (χ1) is 27.2. The van der Waals surface area contributed by atoms with Gasteiger partial charge in [-0.3, -0.25) is 22.0 Å². The molecular weight excluding hydrogens is 1030 g/mol. The number of carbonyl (C=O) groups excluding carboxylic acids is 1. The SMILES string of the molecule is CCOP(=O)(CS(C)=O)OCC.CS(=O)/C=C(/c1cc(Cl)cc(Cl)c1)C(F)(F)F.CS(=O)/C=C(\c1cc(Cl)cc(Cl)c1)C(F)(F)F.O=C(c1cc(Cl)cc(Cl)c1)C(F)(F)F. The van der Waals surface area contributed by atoms with Gasteiger partial charge in [0.25, 0.3) is 5.78 Å². The van der Waals surface area contributed by atoms with Crippen LogP contribution in [0.3, 0.4) is 0 Å². The predicted molar refractivity (Wildman–Crippen MR) is 226 cm³/mol. The minimum absolute atomic E-state index is 0.00917. The molecule has 26 heteroatoms. The summed E-state index contributed by atoms with van der Waals surface area (Å²) in [6.45, 7) is 4.08. The number of allylic oxidation sites excluding steroid dienone is 2. The number of halogens is 15. The molecular formula is C34H32Cl6F9O7PS3. The molecule has 0 aliphatic rings. The van der Waals surface area contributed by atoms with E-state index in [-0.39, 0.29) is 46.8 Å². The third-order valence-electron chi connectivity index (χ3n) is 5.90. The van der Waals surface area contributed by atoms with Gasteiger partial charge in [0.05, 0.1) is 24.4 Å². The lowest BCUT2D eigenvalue weighted by molar-refractivity contribution is -0.0885. The van der Waals surface area contributed by atoms with Crippen LogP contribution in [0.4, 0.5) is 39.5 Å². The summed E-state index contributed by atoms with van der Waals surface area (Å²) in [6.07, 6.45) is -10.4. The molecule has 0 fully saturated rings. The maximum atomic E-state index is 12.7. The fourth-order valence-corrected chi connectivity index (χ4v) is 9.94. The maximum Gasteiger partial charge on any atom is 0.454 e. The fourth-order valence-electron chi connectivity index (χ4n) is 3.92. The molecule has 3 aromatic rings. The van der Waals surface area contributed by atoms with Crippen molar-refractivity contribution in [2.45, 2.75) is 32.4 Å². The average molecular weight is 1060 g/mol. The van der Waals surface area contributed by atoms with Gasteiger partial charge in [0.15, 0.2) is 0 Å². The van der Waals surface area contributed by atoms with E-state index in [1.54, 1.807) is 13.8 Å². The molecule has 60 heavy (non-hydrogen) atoms. The molecule has 3 atom stereocenters. The highest BCUT2D eigenvalue weighted by atomic mass is 35.5. The van der Waals surface area contributed by atoms with Gasteiger partial charge >= 0.3 is 26.1 Å². The lowest BCUT2D eigenvalue weighted by atomic mass is 10.1. The molecule has 0 heterocycles. The van der Waals surface area contributed by atoms with Crippen molar-refractivity contribution in [3.05, 3.63) is 112 Å². The Morgan fingerprint density at radius 3 is 1.02 bits per heavy atom. The molecule has 0 saturated heterocycles. The molecule has 0 bridgehead atoms. The summed E-state index contributed by atoms with van der Waals surface area (Å²) in [5.74, 6) is -1.96. The van der Waals surface area contributed by atoms with Gasteiger partial charge in [-0.25, -0.2) is 0 Å². The standard InChI is InChI=1S/2C10H7Cl2F3OS.C8H3Cl2F3O.C6H15O4PS/c2*1-17(16)5-9(10(13,14)15)6-2-7(11)4-8(12)3-6;9-5-1-4(2-6(10)3-5)7(14)8(11,12)13;1-4-9-11(7,10-5-2)6-12(3)8/h2*2-5H,1H3;1-3H;4-6H2,1-3H3/b9-5+;9-5-;;. The summed E-state index contributed by atoms with van der Waals surface area (Å²) >= 11 is 33.4. The third kappa shape index (κ3) is 23.8. The summed E-state index contributed by atoms with van der Waals surface area (Å²) < 4.78 is 166. The molecule has 0 amide bonds. The van der Waals surface area contributed by atoms with E-state index in [0.717, 1.165) is 48.9 Å². The second-order valence-corrected chi connectivity index (χ2v) is 20.0. The Kier molecular flexibility index (Phi) is 25.7. The summed E-state index contributed by atoms with van der Waals surface area (Å²) in [5.41, 5.74) is -3.01. The van der Waals surface area contributed by atoms with Gasteiger partial charge in [0.2, 0.25) is 0 Å². The van der Waals surface area contributed by atoms with Crippen molar-refractivity contribution >= 4 is 127 Å². The largest absolute Gasteiger partial charge is 0.454 e. The fraction of sp³-hybridized carbons (Fsp3) is 0.324. The van der Waals surface area contributed by atoms with E-state index in [1.807, 2.05) is 0 Å². The molecule has 0 N–H and O–H groups in total. The molecule has 0 saturated carbocycles. The van der Waals surface area contributed by atoms with E-state index < -0.39 is 81.0 Å². The van der Waals surface area contributed by atoms with E-state index in [1.165, 1.54) is 24.5 Å². The van der Waals surface area contributed by atoms with Crippen molar-refractivity contribution in [2.24, 2.45) is 0 Å². The van der Waals surface area contributed by atoms with Crippen LogP contribution in [0, 0.1) is 0 Å². The Hall–Kier alpha value is -1.48. The summed E-state index contributed by atoms with van der Waals surface area (Å²) in [5, 5.41) is 1.59. The van der Waals surface area contributed by atoms with Crippen LogP contribution < -0.4 is 0 Å². The van der Waals surface area contributed by atoms with Gasteiger partial charge in [0.1, 0.15) is 5.49 Å². The highest BCUT2D eigenvalue weighted by molar-refractivity contribution is 7.91. The number of benzene rings is 3. The molecule has 3 aromatic carbocycles. The van der Waals surface area contributed by atoms with E-state index >= 15 is 0 Å². The Morgan fingerprint density at radius 1 is 0.550 bits per heavy atom. The predicted octanol–water partition coefficient (Wildman–Crippen LogP) is 13.9. The van der Waals surface area contributed by atoms with Crippen molar-refractivity contribution in [1.29, 1.82) is 0 Å². The smallest absolute Gasteiger partial charge is 0.308 e. The van der Waals surface area contributed by atoms with E-state index in [9.17, 15) is 61.5 Å². The summed E-state index contributed by atoms with van der Waals surface area (Å²) in [6, 6.07) is 10.2. The Labute approximate surface area is 376 Å². The zero-order valence-corrected chi connectivity index (χ0v) is 39.1. The Bertz CT molecular complexity index is 1960. The molecule has 0 spiro atoms. The number of rotatable bonds is 11. The minimum Gasteiger partial charge on any atom is -0.308 e. The zero-order chi connectivity index (χ0) is 47.0. The van der Waals surface area contributed by atoms with Crippen molar-refractivity contribution < 1.29 is 70.5 Å². The number of alkyl halides is 9. The molecule has 338 valence electrons. The average Bonchev–Trinajstić information content (AvgIpc) is 3.03. The van der Waals surface area contributed by atoms with E-state index in [4.69, 9.17) is 78.7 Å². The van der Waals surface area contributed by atoms with Crippen LogP contribution in [0.15, 0.2) is 65.4 Å². The van der Waals surface area contributed by atoms with Crippen LogP contribution in [0.1, 0.15) is 35.3 Å². The van der Waals surface area contributed by atoms with Crippen molar-refractivity contribution in [3.63, 3.8) is 0 Å². The van der Waals surface area contributed by atoms with Gasteiger partial charge in [-0.1, -0.05) is 69.6 Å². The first-order valence-corrected chi connectivity index (χ1v) is 24.6. The van der Waals surface area contributed by atoms with Crippen molar-refractivity contribution in [3.8, 4) is 0 Å². The van der Waals surface area contributed by atoms with Crippen LogP contribution in [0.5, 0.6) is 0 Å². The van der Waals surface area contributed by atoms with Gasteiger partial charge in [-0.15, -0.1) is 0 Å². The highest BCUT2D eigenvalue weighted by Gasteiger charge is 2.39. The summed E-state index contributed by atoms with van der Waals surface area (Å²) in [7, 11) is -7.67. The van der Waals surface area contributed by atoms with Gasteiger partial charge in [-0.2, -0.15) is 39.5 Å². The van der Waals surface area contributed by atoms with Crippen molar-refractivity contribution in [2.75, 3.05) is 37.5 Å². The second kappa shape index (κ2) is 26.3. The molecule has 0 aliphatic heterocycles. The van der Waals surface area contributed by atoms with Crippen LogP contribution in [-0.2, 0) is 46.0 Å². The number of Topliss-reactive ketones (excluding diaryl/α,β-unsaturated/α-hetero) is 1. The first kappa shape index (κ1) is 58.5. The summed E-state index contributed by atoms with van der Waals surface area (Å²) in [4.78, 5) is 10.7. The van der Waals surface area contributed by atoms with Crippen LogP contribution in [-0.4, -0.2) is 74.4 Å². The maximum absolute atomic E-state index is 12.7. The van der Waals surface area contributed by atoms with Gasteiger partial charge < -0.3 is 9.05 Å². The van der Waals surface area contributed by atoms with E-state index in [0.29, 0.717) is 24.0 Å². The number of hydrogen-bond acceptors (Lipinski definition) is 7. The quantitative estimate of drug-likeness (QED) is 0.107.